The third-order valence-corrected chi connectivity index (χ3v) is 4.78. The standard InChI is InChI=1S/C20H33N3O/c1-4-11-22(12-5-2)20(24)17-23-14-13-21(15-18(23)3)16-19-9-7-6-8-10-19/h6-10,18H,4-5,11-17H2,1-3H3/t18-/m1/s1. The van der Waals surface area contributed by atoms with Gasteiger partial charge in [-0.05, 0) is 25.3 Å². The van der Waals surface area contributed by atoms with Crippen molar-refractivity contribution < 1.29 is 4.79 Å². The van der Waals surface area contributed by atoms with E-state index in [0.29, 0.717) is 18.5 Å². The van der Waals surface area contributed by atoms with Crippen molar-refractivity contribution in [2.75, 3.05) is 39.3 Å². The minimum atomic E-state index is 0.294. The van der Waals surface area contributed by atoms with Crippen LogP contribution in [0.25, 0.3) is 0 Å². The van der Waals surface area contributed by atoms with Crippen LogP contribution in [0.5, 0.6) is 0 Å². The van der Waals surface area contributed by atoms with E-state index in [0.717, 1.165) is 52.1 Å². The molecule has 0 bridgehead atoms. The highest BCUT2D eigenvalue weighted by molar-refractivity contribution is 5.78. The number of hydrogen-bond acceptors (Lipinski definition) is 3. The van der Waals surface area contributed by atoms with E-state index in [9.17, 15) is 4.79 Å². The third-order valence-electron chi connectivity index (χ3n) is 4.78. The molecular weight excluding hydrogens is 298 g/mol. The summed E-state index contributed by atoms with van der Waals surface area (Å²) in [5.74, 6) is 0.294. The first-order valence-corrected chi connectivity index (χ1v) is 9.42. The minimum Gasteiger partial charge on any atom is -0.342 e. The van der Waals surface area contributed by atoms with Crippen LogP contribution >= 0.6 is 0 Å². The highest BCUT2D eigenvalue weighted by Crippen LogP contribution is 2.13. The fourth-order valence-electron chi connectivity index (χ4n) is 3.47. The second kappa shape index (κ2) is 9.80. The molecule has 0 aliphatic carbocycles. The lowest BCUT2D eigenvalue weighted by Gasteiger charge is -2.40. The third kappa shape index (κ3) is 5.60. The van der Waals surface area contributed by atoms with Gasteiger partial charge in [0.1, 0.15) is 0 Å². The van der Waals surface area contributed by atoms with Gasteiger partial charge in [-0.2, -0.15) is 0 Å². The van der Waals surface area contributed by atoms with Crippen LogP contribution in [-0.4, -0.2) is 65.9 Å². The summed E-state index contributed by atoms with van der Waals surface area (Å²) in [6, 6.07) is 11.1. The van der Waals surface area contributed by atoms with Crippen molar-refractivity contribution in [1.82, 2.24) is 14.7 Å². The van der Waals surface area contributed by atoms with E-state index in [1.165, 1.54) is 5.56 Å². The number of hydrogen-bond donors (Lipinski definition) is 0. The molecule has 4 nitrogen and oxygen atoms in total. The van der Waals surface area contributed by atoms with Gasteiger partial charge in [0.25, 0.3) is 0 Å². The predicted molar refractivity (Wildman–Crippen MR) is 99.9 cm³/mol. The largest absolute Gasteiger partial charge is 0.342 e. The Morgan fingerprint density at radius 2 is 1.79 bits per heavy atom. The van der Waals surface area contributed by atoms with Crippen LogP contribution in [0.3, 0.4) is 0 Å². The molecule has 1 amide bonds. The number of nitrogens with zero attached hydrogens (tertiary/aromatic N) is 3. The van der Waals surface area contributed by atoms with Crippen molar-refractivity contribution in [3.63, 3.8) is 0 Å². The molecular formula is C20H33N3O. The van der Waals surface area contributed by atoms with Crippen LogP contribution in [0.15, 0.2) is 30.3 Å². The van der Waals surface area contributed by atoms with E-state index in [1.807, 2.05) is 4.90 Å². The zero-order valence-electron chi connectivity index (χ0n) is 15.6. The fourth-order valence-corrected chi connectivity index (χ4v) is 3.47. The second-order valence-corrected chi connectivity index (χ2v) is 6.92. The summed E-state index contributed by atoms with van der Waals surface area (Å²) in [5.41, 5.74) is 1.37. The SMILES string of the molecule is CCCN(CCC)C(=O)CN1CCN(Cc2ccccc2)C[C@H]1C. The van der Waals surface area contributed by atoms with Crippen molar-refractivity contribution in [3.05, 3.63) is 35.9 Å². The molecule has 0 unspecified atom stereocenters. The van der Waals surface area contributed by atoms with Gasteiger partial charge in [-0.3, -0.25) is 14.6 Å². The van der Waals surface area contributed by atoms with Gasteiger partial charge in [0.2, 0.25) is 5.91 Å². The van der Waals surface area contributed by atoms with Crippen LogP contribution < -0.4 is 0 Å². The predicted octanol–water partition coefficient (Wildman–Crippen LogP) is 2.84. The topological polar surface area (TPSA) is 26.8 Å². The average Bonchev–Trinajstić information content (AvgIpc) is 2.58. The quantitative estimate of drug-likeness (QED) is 0.733. The highest BCUT2D eigenvalue weighted by atomic mass is 16.2. The number of rotatable bonds is 8. The van der Waals surface area contributed by atoms with Crippen LogP contribution in [0.1, 0.15) is 39.2 Å². The lowest BCUT2D eigenvalue weighted by atomic mass is 10.1. The Morgan fingerprint density at radius 3 is 2.38 bits per heavy atom. The molecule has 1 aliphatic rings. The summed E-state index contributed by atoms with van der Waals surface area (Å²) in [4.78, 5) is 19.5. The maximum atomic E-state index is 12.6. The first-order chi connectivity index (χ1) is 11.6. The number of carbonyl (C=O) groups is 1. The maximum Gasteiger partial charge on any atom is 0.236 e. The molecule has 1 saturated heterocycles. The second-order valence-electron chi connectivity index (χ2n) is 6.92. The summed E-state index contributed by atoms with van der Waals surface area (Å²) < 4.78 is 0. The minimum absolute atomic E-state index is 0.294. The van der Waals surface area contributed by atoms with Gasteiger partial charge < -0.3 is 4.90 Å². The van der Waals surface area contributed by atoms with E-state index in [-0.39, 0.29) is 0 Å². The highest BCUT2D eigenvalue weighted by Gasteiger charge is 2.26. The van der Waals surface area contributed by atoms with Gasteiger partial charge in [0, 0.05) is 45.3 Å². The molecule has 0 N–H and O–H groups in total. The summed E-state index contributed by atoms with van der Waals surface area (Å²) in [7, 11) is 0. The van der Waals surface area contributed by atoms with E-state index in [1.54, 1.807) is 0 Å². The number of carbonyl (C=O) groups excluding carboxylic acids is 1. The monoisotopic (exact) mass is 331 g/mol. The van der Waals surface area contributed by atoms with Crippen LogP contribution in [-0.2, 0) is 11.3 Å². The van der Waals surface area contributed by atoms with E-state index in [4.69, 9.17) is 0 Å². The molecule has 1 aliphatic heterocycles. The van der Waals surface area contributed by atoms with Crippen molar-refractivity contribution >= 4 is 5.91 Å². The van der Waals surface area contributed by atoms with Crippen molar-refractivity contribution in [2.45, 2.75) is 46.2 Å². The Bertz CT molecular complexity index is 485. The van der Waals surface area contributed by atoms with Crippen molar-refractivity contribution in [1.29, 1.82) is 0 Å². The van der Waals surface area contributed by atoms with E-state index >= 15 is 0 Å². The molecule has 0 spiro atoms. The molecule has 1 fully saturated rings. The summed E-state index contributed by atoms with van der Waals surface area (Å²) in [5, 5.41) is 0. The summed E-state index contributed by atoms with van der Waals surface area (Å²) >= 11 is 0. The molecule has 1 aromatic rings. The number of benzene rings is 1. The Balaban J connectivity index is 1.83. The van der Waals surface area contributed by atoms with Gasteiger partial charge in [-0.15, -0.1) is 0 Å². The Kier molecular flexibility index (Phi) is 7.73. The lowest BCUT2D eigenvalue weighted by molar-refractivity contribution is -0.133. The fraction of sp³-hybridized carbons (Fsp3) is 0.650. The van der Waals surface area contributed by atoms with Gasteiger partial charge in [0.05, 0.1) is 6.54 Å². The number of amides is 1. The van der Waals surface area contributed by atoms with Gasteiger partial charge >= 0.3 is 0 Å². The van der Waals surface area contributed by atoms with E-state index < -0.39 is 0 Å². The maximum absolute atomic E-state index is 12.6. The van der Waals surface area contributed by atoms with Crippen molar-refractivity contribution in [2.24, 2.45) is 0 Å². The summed E-state index contributed by atoms with van der Waals surface area (Å²) in [6.07, 6.45) is 2.07. The van der Waals surface area contributed by atoms with Crippen LogP contribution in [0.2, 0.25) is 0 Å². The zero-order chi connectivity index (χ0) is 17.4. The summed E-state index contributed by atoms with van der Waals surface area (Å²) in [6.45, 7) is 12.9. The molecule has 24 heavy (non-hydrogen) atoms. The Labute approximate surface area is 147 Å². The van der Waals surface area contributed by atoms with Crippen LogP contribution in [0.4, 0.5) is 0 Å². The van der Waals surface area contributed by atoms with E-state index in [2.05, 4.69) is 60.9 Å². The average molecular weight is 332 g/mol. The molecule has 1 heterocycles. The zero-order valence-corrected chi connectivity index (χ0v) is 15.6. The molecule has 0 radical (unpaired) electrons. The number of piperazine rings is 1. The Hall–Kier alpha value is -1.39. The molecule has 134 valence electrons. The molecule has 1 atom stereocenters. The first-order valence-electron chi connectivity index (χ1n) is 9.42. The molecule has 0 aromatic heterocycles. The van der Waals surface area contributed by atoms with Gasteiger partial charge in [-0.25, -0.2) is 0 Å². The lowest BCUT2D eigenvalue weighted by Crippen LogP contribution is -2.54. The molecule has 0 saturated carbocycles. The van der Waals surface area contributed by atoms with Gasteiger partial charge in [0.15, 0.2) is 0 Å². The molecule has 4 heteroatoms. The van der Waals surface area contributed by atoms with Crippen LogP contribution in [0, 0.1) is 0 Å². The normalized spacial score (nSPS) is 19.4. The smallest absolute Gasteiger partial charge is 0.236 e. The van der Waals surface area contributed by atoms with Crippen molar-refractivity contribution in [3.8, 4) is 0 Å². The molecule has 1 aromatic carbocycles. The molecule has 2 rings (SSSR count). The first kappa shape index (κ1) is 18.9. The van der Waals surface area contributed by atoms with Gasteiger partial charge in [-0.1, -0.05) is 44.2 Å². The Morgan fingerprint density at radius 1 is 1.12 bits per heavy atom.